The molecule has 3 nitrogen and oxygen atoms in total. The molecule has 1 amide bonds. The Bertz CT molecular complexity index is 366. The van der Waals surface area contributed by atoms with Crippen molar-refractivity contribution in [1.29, 1.82) is 0 Å². The first-order valence-electron chi connectivity index (χ1n) is 5.27. The molecule has 0 unspecified atom stereocenters. The van der Waals surface area contributed by atoms with Crippen molar-refractivity contribution in [3.05, 3.63) is 29.3 Å². The molecule has 0 fully saturated rings. The summed E-state index contributed by atoms with van der Waals surface area (Å²) in [6.45, 7) is 5.11. The number of rotatable bonds is 5. The van der Waals surface area contributed by atoms with Crippen molar-refractivity contribution in [2.24, 2.45) is 0 Å². The van der Waals surface area contributed by atoms with Crippen LogP contribution in [0.25, 0.3) is 0 Å². The van der Waals surface area contributed by atoms with Crippen molar-refractivity contribution < 1.29 is 9.53 Å². The molecule has 16 heavy (non-hydrogen) atoms. The molecule has 88 valence electrons. The predicted octanol–water partition coefficient (Wildman–Crippen LogP) is 1.94. The molecular formula is C12H17NO2S. The number of ether oxygens (including phenoxy) is 1. The maximum atomic E-state index is 11.0. The minimum absolute atomic E-state index is 0.0677. The monoisotopic (exact) mass is 239 g/mol. The van der Waals surface area contributed by atoms with Crippen LogP contribution < -0.4 is 10.1 Å². The van der Waals surface area contributed by atoms with Crippen LogP contribution in [-0.4, -0.2) is 18.3 Å². The molecule has 0 spiro atoms. The van der Waals surface area contributed by atoms with E-state index in [0.29, 0.717) is 13.2 Å². The lowest BCUT2D eigenvalue weighted by Gasteiger charge is -2.09. The Balaban J connectivity index is 2.67. The van der Waals surface area contributed by atoms with Gasteiger partial charge in [0.15, 0.2) is 0 Å². The van der Waals surface area contributed by atoms with E-state index < -0.39 is 0 Å². The molecule has 0 saturated heterocycles. The Hall–Kier alpha value is -1.16. The van der Waals surface area contributed by atoms with Crippen molar-refractivity contribution in [3.63, 3.8) is 0 Å². The number of benzene rings is 1. The molecule has 0 aliphatic heterocycles. The fraction of sp³-hybridized carbons (Fsp3) is 0.417. The average molecular weight is 239 g/mol. The average Bonchev–Trinajstić information content (AvgIpc) is 2.30. The van der Waals surface area contributed by atoms with Crippen LogP contribution in [0, 0.1) is 6.92 Å². The second-order valence-corrected chi connectivity index (χ2v) is 3.78. The number of carbonyl (C=O) groups excluding carboxylic acids is 1. The number of aryl methyl sites for hydroxylation is 1. The van der Waals surface area contributed by atoms with Gasteiger partial charge in [-0.3, -0.25) is 4.79 Å². The van der Waals surface area contributed by atoms with Gasteiger partial charge in [-0.25, -0.2) is 0 Å². The van der Waals surface area contributed by atoms with Gasteiger partial charge in [0.1, 0.15) is 5.75 Å². The molecule has 0 atom stereocenters. The summed E-state index contributed by atoms with van der Waals surface area (Å²) in [6.07, 6.45) is 0. The summed E-state index contributed by atoms with van der Waals surface area (Å²) in [6, 6.07) is 5.93. The molecule has 4 heteroatoms. The molecule has 0 aromatic heterocycles. The van der Waals surface area contributed by atoms with Gasteiger partial charge >= 0.3 is 0 Å². The van der Waals surface area contributed by atoms with Gasteiger partial charge in [-0.05, 0) is 31.0 Å². The lowest BCUT2D eigenvalue weighted by Crippen LogP contribution is -2.23. The Kier molecular flexibility index (Phi) is 5.19. The largest absolute Gasteiger partial charge is 0.494 e. The zero-order chi connectivity index (χ0) is 12.0. The third-order valence-corrected chi connectivity index (χ3v) is 2.47. The van der Waals surface area contributed by atoms with Gasteiger partial charge < -0.3 is 10.1 Å². The minimum Gasteiger partial charge on any atom is -0.494 e. The van der Waals surface area contributed by atoms with Gasteiger partial charge in [-0.15, -0.1) is 0 Å². The standard InChI is InChI=1S/C12H17NO2S/c1-3-15-11-6-10(5-4-9(11)2)7-13-12(14)8-16/h4-6,16H,3,7-8H2,1-2H3,(H,13,14). The van der Waals surface area contributed by atoms with Gasteiger partial charge in [0.2, 0.25) is 5.91 Å². The molecule has 0 bridgehead atoms. The quantitative estimate of drug-likeness (QED) is 0.771. The van der Waals surface area contributed by atoms with E-state index in [2.05, 4.69) is 17.9 Å². The van der Waals surface area contributed by atoms with Crippen molar-refractivity contribution in [2.45, 2.75) is 20.4 Å². The second kappa shape index (κ2) is 6.43. The number of hydrogen-bond donors (Lipinski definition) is 2. The molecule has 0 heterocycles. The maximum Gasteiger partial charge on any atom is 0.229 e. The highest BCUT2D eigenvalue weighted by Crippen LogP contribution is 2.19. The van der Waals surface area contributed by atoms with Gasteiger partial charge in [0.25, 0.3) is 0 Å². The van der Waals surface area contributed by atoms with Crippen molar-refractivity contribution in [3.8, 4) is 5.75 Å². The van der Waals surface area contributed by atoms with Crippen LogP contribution in [0.1, 0.15) is 18.1 Å². The summed E-state index contributed by atoms with van der Waals surface area (Å²) in [5.74, 6) is 1.02. The van der Waals surface area contributed by atoms with E-state index in [-0.39, 0.29) is 11.7 Å². The van der Waals surface area contributed by atoms with E-state index >= 15 is 0 Å². The minimum atomic E-state index is -0.0677. The molecule has 0 aliphatic rings. The normalized spacial score (nSPS) is 9.94. The number of thiol groups is 1. The van der Waals surface area contributed by atoms with Crippen LogP contribution in [0.2, 0.25) is 0 Å². The smallest absolute Gasteiger partial charge is 0.229 e. The van der Waals surface area contributed by atoms with E-state index in [9.17, 15) is 4.79 Å². The highest BCUT2D eigenvalue weighted by atomic mass is 32.1. The molecule has 1 aromatic carbocycles. The summed E-state index contributed by atoms with van der Waals surface area (Å²) in [5.41, 5.74) is 2.13. The van der Waals surface area contributed by atoms with E-state index in [1.165, 1.54) is 0 Å². The van der Waals surface area contributed by atoms with Crippen molar-refractivity contribution in [2.75, 3.05) is 12.4 Å². The van der Waals surface area contributed by atoms with Gasteiger partial charge in [-0.1, -0.05) is 12.1 Å². The third-order valence-electron chi connectivity index (χ3n) is 2.19. The van der Waals surface area contributed by atoms with E-state index in [1.54, 1.807) is 0 Å². The molecule has 1 N–H and O–H groups in total. The van der Waals surface area contributed by atoms with Crippen LogP contribution in [-0.2, 0) is 11.3 Å². The van der Waals surface area contributed by atoms with Crippen LogP contribution in [0.15, 0.2) is 18.2 Å². The van der Waals surface area contributed by atoms with Crippen LogP contribution in [0.4, 0.5) is 0 Å². The van der Waals surface area contributed by atoms with Gasteiger partial charge in [0.05, 0.1) is 12.4 Å². The van der Waals surface area contributed by atoms with Gasteiger partial charge in [0, 0.05) is 6.54 Å². The highest BCUT2D eigenvalue weighted by molar-refractivity contribution is 7.81. The van der Waals surface area contributed by atoms with Gasteiger partial charge in [-0.2, -0.15) is 12.6 Å². The fourth-order valence-corrected chi connectivity index (χ4v) is 1.43. The molecule has 0 radical (unpaired) electrons. The van der Waals surface area contributed by atoms with Crippen molar-refractivity contribution in [1.82, 2.24) is 5.32 Å². The first-order valence-corrected chi connectivity index (χ1v) is 5.90. The number of amides is 1. The summed E-state index contributed by atoms with van der Waals surface area (Å²) in [5, 5.41) is 2.77. The highest BCUT2D eigenvalue weighted by Gasteiger charge is 2.02. The Morgan fingerprint density at radius 2 is 2.25 bits per heavy atom. The Labute approximate surface area is 102 Å². The molecule has 1 aromatic rings. The van der Waals surface area contributed by atoms with E-state index in [4.69, 9.17) is 4.74 Å². The Morgan fingerprint density at radius 3 is 2.88 bits per heavy atom. The number of carbonyl (C=O) groups is 1. The lowest BCUT2D eigenvalue weighted by molar-refractivity contribution is -0.118. The molecule has 1 rings (SSSR count). The fourth-order valence-electron chi connectivity index (χ4n) is 1.32. The number of hydrogen-bond acceptors (Lipinski definition) is 3. The molecule has 0 aliphatic carbocycles. The van der Waals surface area contributed by atoms with Crippen LogP contribution in [0.5, 0.6) is 5.75 Å². The van der Waals surface area contributed by atoms with E-state index in [0.717, 1.165) is 16.9 Å². The Morgan fingerprint density at radius 1 is 1.50 bits per heavy atom. The first-order chi connectivity index (χ1) is 7.67. The topological polar surface area (TPSA) is 38.3 Å². The summed E-state index contributed by atoms with van der Waals surface area (Å²) >= 11 is 3.90. The summed E-state index contributed by atoms with van der Waals surface area (Å²) < 4.78 is 5.48. The zero-order valence-corrected chi connectivity index (χ0v) is 10.5. The SMILES string of the molecule is CCOc1cc(CNC(=O)CS)ccc1C. The maximum absolute atomic E-state index is 11.0. The van der Waals surface area contributed by atoms with Crippen LogP contribution >= 0.6 is 12.6 Å². The predicted molar refractivity (Wildman–Crippen MR) is 68.0 cm³/mol. The van der Waals surface area contributed by atoms with Crippen molar-refractivity contribution >= 4 is 18.5 Å². The second-order valence-electron chi connectivity index (χ2n) is 3.47. The summed E-state index contributed by atoms with van der Waals surface area (Å²) in [4.78, 5) is 11.0. The first kappa shape index (κ1) is 12.9. The summed E-state index contributed by atoms with van der Waals surface area (Å²) in [7, 11) is 0. The van der Waals surface area contributed by atoms with Crippen LogP contribution in [0.3, 0.4) is 0 Å². The lowest BCUT2D eigenvalue weighted by atomic mass is 10.1. The molecular weight excluding hydrogens is 222 g/mol. The van der Waals surface area contributed by atoms with E-state index in [1.807, 2.05) is 32.0 Å². The number of nitrogens with one attached hydrogen (secondary N) is 1. The zero-order valence-electron chi connectivity index (χ0n) is 9.62. The molecule has 0 saturated carbocycles. The third kappa shape index (κ3) is 3.77.